The number of amides is 1. The van der Waals surface area contributed by atoms with Gasteiger partial charge in [-0.1, -0.05) is 30.3 Å². The van der Waals surface area contributed by atoms with Crippen molar-refractivity contribution in [2.75, 3.05) is 10.6 Å². The molecule has 158 valence electrons. The summed E-state index contributed by atoms with van der Waals surface area (Å²) in [6.45, 7) is 0.167. The Morgan fingerprint density at radius 3 is 2.37 bits per heavy atom. The van der Waals surface area contributed by atoms with Crippen molar-refractivity contribution in [3.05, 3.63) is 89.1 Å². The maximum atomic E-state index is 13.0. The van der Waals surface area contributed by atoms with Crippen LogP contribution >= 0.6 is 12.4 Å². The Morgan fingerprint density at radius 1 is 0.967 bits per heavy atom. The molecule has 0 aliphatic carbocycles. The van der Waals surface area contributed by atoms with Gasteiger partial charge in [0.25, 0.3) is 5.91 Å². The van der Waals surface area contributed by atoms with Gasteiger partial charge in [0.05, 0.1) is 0 Å². The lowest BCUT2D eigenvalue weighted by Gasteiger charge is -2.12. The fraction of sp³-hybridized carbons (Fsp3) is 0.143. The van der Waals surface area contributed by atoms with E-state index in [2.05, 4.69) is 15.6 Å². The number of carbonyl (C=O) groups excluding carboxylic acids is 1. The number of halogens is 4. The molecule has 1 aromatic heterocycles. The smallest absolute Gasteiger partial charge is 0.366 e. The van der Waals surface area contributed by atoms with Crippen molar-refractivity contribution in [1.29, 1.82) is 0 Å². The monoisotopic (exact) mass is 436 g/mol. The van der Waals surface area contributed by atoms with Gasteiger partial charge >= 0.3 is 6.18 Å². The second-order valence-corrected chi connectivity index (χ2v) is 6.32. The van der Waals surface area contributed by atoms with Crippen LogP contribution in [-0.4, -0.2) is 10.9 Å². The molecule has 0 atom stereocenters. The average molecular weight is 437 g/mol. The molecule has 2 aromatic carbocycles. The summed E-state index contributed by atoms with van der Waals surface area (Å²) in [6.07, 6.45) is -4.56. The van der Waals surface area contributed by atoms with Crippen molar-refractivity contribution in [3.63, 3.8) is 0 Å². The number of anilines is 2. The summed E-state index contributed by atoms with van der Waals surface area (Å²) in [7, 11) is 0. The Kier molecular flexibility index (Phi) is 7.79. The number of nitrogens with zero attached hydrogens (tertiary/aromatic N) is 1. The molecule has 3 rings (SSSR count). The van der Waals surface area contributed by atoms with Gasteiger partial charge in [0.15, 0.2) is 0 Å². The molecule has 0 aliphatic heterocycles. The van der Waals surface area contributed by atoms with E-state index >= 15 is 0 Å². The summed E-state index contributed by atoms with van der Waals surface area (Å²) in [4.78, 5) is 16.0. The fourth-order valence-corrected chi connectivity index (χ4v) is 2.68. The average Bonchev–Trinajstić information content (AvgIpc) is 2.72. The van der Waals surface area contributed by atoms with E-state index in [9.17, 15) is 18.0 Å². The van der Waals surface area contributed by atoms with Crippen molar-refractivity contribution < 1.29 is 18.0 Å². The van der Waals surface area contributed by atoms with E-state index in [1.54, 1.807) is 36.4 Å². The predicted molar refractivity (Wildman–Crippen MR) is 113 cm³/mol. The molecule has 0 radical (unpaired) electrons. The van der Waals surface area contributed by atoms with Crippen molar-refractivity contribution in [2.45, 2.75) is 19.3 Å². The number of alkyl halides is 3. The zero-order valence-electron chi connectivity index (χ0n) is 15.7. The molecule has 30 heavy (non-hydrogen) atoms. The molecule has 0 saturated carbocycles. The SMILES string of the molecule is Cl.NCc1cc(NCc2cccc(C(=O)Nc3ccccc3)c2)nc(C(F)(F)F)c1. The number of hydrogen-bond acceptors (Lipinski definition) is 4. The van der Waals surface area contributed by atoms with Crippen LogP contribution in [0.4, 0.5) is 24.7 Å². The van der Waals surface area contributed by atoms with Crippen LogP contribution in [0.5, 0.6) is 0 Å². The Balaban J connectivity index is 0.00000320. The first-order chi connectivity index (χ1) is 13.8. The Bertz CT molecular complexity index is 997. The van der Waals surface area contributed by atoms with E-state index < -0.39 is 11.9 Å². The summed E-state index contributed by atoms with van der Waals surface area (Å²) >= 11 is 0. The van der Waals surface area contributed by atoms with Crippen LogP contribution in [-0.2, 0) is 19.3 Å². The minimum Gasteiger partial charge on any atom is -0.366 e. The minimum absolute atomic E-state index is 0. The van der Waals surface area contributed by atoms with Crippen molar-refractivity contribution in [2.24, 2.45) is 5.73 Å². The van der Waals surface area contributed by atoms with E-state index in [-0.39, 0.29) is 37.2 Å². The number of para-hydroxylation sites is 1. The Morgan fingerprint density at radius 2 is 1.70 bits per heavy atom. The third-order valence-electron chi connectivity index (χ3n) is 4.11. The van der Waals surface area contributed by atoms with Gasteiger partial charge in [-0.05, 0) is 47.5 Å². The number of nitrogens with two attached hydrogens (primary N) is 1. The highest BCUT2D eigenvalue weighted by atomic mass is 35.5. The first-order valence-electron chi connectivity index (χ1n) is 8.82. The molecule has 3 aromatic rings. The van der Waals surface area contributed by atoms with Crippen LogP contribution in [0.3, 0.4) is 0 Å². The molecule has 0 unspecified atom stereocenters. The molecule has 0 aliphatic rings. The zero-order chi connectivity index (χ0) is 20.9. The molecule has 9 heteroatoms. The van der Waals surface area contributed by atoms with Crippen molar-refractivity contribution in [3.8, 4) is 0 Å². The fourth-order valence-electron chi connectivity index (χ4n) is 2.68. The van der Waals surface area contributed by atoms with E-state index in [1.165, 1.54) is 6.07 Å². The van der Waals surface area contributed by atoms with Crippen LogP contribution in [0.15, 0.2) is 66.7 Å². The summed E-state index contributed by atoms with van der Waals surface area (Å²) < 4.78 is 39.0. The van der Waals surface area contributed by atoms with Crippen molar-refractivity contribution >= 4 is 29.8 Å². The lowest BCUT2D eigenvalue weighted by Crippen LogP contribution is -2.14. The molecular formula is C21H20ClF3N4O. The first kappa shape index (κ1) is 23.2. The number of pyridine rings is 1. The Hall–Kier alpha value is -3.10. The Labute approximate surface area is 177 Å². The number of nitrogens with one attached hydrogen (secondary N) is 2. The lowest BCUT2D eigenvalue weighted by atomic mass is 10.1. The third kappa shape index (κ3) is 6.20. The summed E-state index contributed by atoms with van der Waals surface area (Å²) in [6, 6.07) is 18.2. The zero-order valence-corrected chi connectivity index (χ0v) is 16.6. The highest BCUT2D eigenvalue weighted by molar-refractivity contribution is 6.04. The van der Waals surface area contributed by atoms with E-state index in [0.717, 1.165) is 11.6 Å². The van der Waals surface area contributed by atoms with Gasteiger partial charge in [-0.2, -0.15) is 13.2 Å². The quantitative estimate of drug-likeness (QED) is 0.516. The van der Waals surface area contributed by atoms with Crippen LogP contribution in [0.2, 0.25) is 0 Å². The van der Waals surface area contributed by atoms with E-state index in [1.807, 2.05) is 18.2 Å². The van der Waals surface area contributed by atoms with E-state index in [0.29, 0.717) is 16.8 Å². The predicted octanol–water partition coefficient (Wildman–Crippen LogP) is 4.85. The molecular weight excluding hydrogens is 417 g/mol. The number of benzene rings is 2. The largest absolute Gasteiger partial charge is 0.433 e. The van der Waals surface area contributed by atoms with Gasteiger partial charge in [-0.15, -0.1) is 12.4 Å². The second kappa shape index (κ2) is 10.1. The van der Waals surface area contributed by atoms with Crippen LogP contribution in [0, 0.1) is 0 Å². The van der Waals surface area contributed by atoms with Gasteiger partial charge in [-0.25, -0.2) is 4.98 Å². The van der Waals surface area contributed by atoms with E-state index in [4.69, 9.17) is 5.73 Å². The molecule has 0 saturated heterocycles. The molecule has 5 nitrogen and oxygen atoms in total. The van der Waals surface area contributed by atoms with Gasteiger partial charge in [-0.3, -0.25) is 4.79 Å². The number of carbonyl (C=O) groups is 1. The lowest BCUT2D eigenvalue weighted by molar-refractivity contribution is -0.141. The highest BCUT2D eigenvalue weighted by Gasteiger charge is 2.33. The topological polar surface area (TPSA) is 80.0 Å². The minimum atomic E-state index is -4.56. The van der Waals surface area contributed by atoms with Crippen molar-refractivity contribution in [1.82, 2.24) is 4.98 Å². The van der Waals surface area contributed by atoms with Gasteiger partial charge in [0.2, 0.25) is 0 Å². The molecule has 0 fully saturated rings. The highest BCUT2D eigenvalue weighted by Crippen LogP contribution is 2.29. The van der Waals surface area contributed by atoms with Crippen LogP contribution in [0.25, 0.3) is 0 Å². The van der Waals surface area contributed by atoms with Gasteiger partial charge in [0.1, 0.15) is 11.5 Å². The standard InChI is InChI=1S/C21H19F3N4O.ClH/c22-21(23,24)18-10-15(12-25)11-19(28-18)26-13-14-5-4-6-16(9-14)20(29)27-17-7-2-1-3-8-17;/h1-11H,12-13,25H2,(H,26,28)(H,27,29);1H. The summed E-state index contributed by atoms with van der Waals surface area (Å²) in [5, 5.41) is 5.65. The maximum Gasteiger partial charge on any atom is 0.433 e. The maximum absolute atomic E-state index is 13.0. The van der Waals surface area contributed by atoms with Crippen LogP contribution in [0.1, 0.15) is 27.2 Å². The van der Waals surface area contributed by atoms with Crippen LogP contribution < -0.4 is 16.4 Å². The number of hydrogen-bond donors (Lipinski definition) is 3. The number of aromatic nitrogens is 1. The molecule has 0 bridgehead atoms. The third-order valence-corrected chi connectivity index (χ3v) is 4.11. The first-order valence-corrected chi connectivity index (χ1v) is 8.82. The van der Waals surface area contributed by atoms with Gasteiger partial charge < -0.3 is 16.4 Å². The molecule has 1 heterocycles. The van der Waals surface area contributed by atoms with Gasteiger partial charge in [0, 0.05) is 24.3 Å². The normalized spacial score (nSPS) is 10.8. The summed E-state index contributed by atoms with van der Waals surface area (Å²) in [5.41, 5.74) is 6.64. The number of rotatable bonds is 6. The second-order valence-electron chi connectivity index (χ2n) is 6.32. The molecule has 0 spiro atoms. The molecule has 4 N–H and O–H groups in total. The summed E-state index contributed by atoms with van der Waals surface area (Å²) in [5.74, 6) is -0.208. The molecule has 1 amide bonds.